The van der Waals surface area contributed by atoms with E-state index >= 15 is 0 Å². The van der Waals surface area contributed by atoms with Gasteiger partial charge in [-0.1, -0.05) is 35.5 Å². The van der Waals surface area contributed by atoms with Crippen molar-refractivity contribution in [2.75, 3.05) is 5.32 Å². The van der Waals surface area contributed by atoms with Crippen LogP contribution in [0.3, 0.4) is 0 Å². The lowest BCUT2D eigenvalue weighted by atomic mass is 10.1. The second-order valence-corrected chi connectivity index (χ2v) is 7.83. The van der Waals surface area contributed by atoms with Crippen molar-refractivity contribution in [1.82, 2.24) is 20.4 Å². The minimum Gasteiger partial charge on any atom is -0.444 e. The third kappa shape index (κ3) is 6.51. The summed E-state index contributed by atoms with van der Waals surface area (Å²) in [5.41, 5.74) is -0.00580. The summed E-state index contributed by atoms with van der Waals surface area (Å²) in [7, 11) is 0. The van der Waals surface area contributed by atoms with Crippen molar-refractivity contribution >= 4 is 17.7 Å². The van der Waals surface area contributed by atoms with Crippen molar-refractivity contribution in [2.45, 2.75) is 38.6 Å². The Bertz CT molecular complexity index is 1110. The van der Waals surface area contributed by atoms with Crippen LogP contribution in [0.25, 0.3) is 11.5 Å². The first kappa shape index (κ1) is 23.7. The van der Waals surface area contributed by atoms with Gasteiger partial charge in [-0.3, -0.25) is 9.78 Å². The van der Waals surface area contributed by atoms with Crippen molar-refractivity contribution < 1.29 is 32.0 Å². The zero-order valence-electron chi connectivity index (χ0n) is 17.8. The van der Waals surface area contributed by atoms with Gasteiger partial charge in [-0.25, -0.2) is 4.79 Å². The molecule has 0 unspecified atom stereocenters. The van der Waals surface area contributed by atoms with Gasteiger partial charge in [-0.15, -0.1) is 0 Å². The topological polar surface area (TPSA) is 119 Å². The molecule has 0 aliphatic rings. The van der Waals surface area contributed by atoms with E-state index in [9.17, 15) is 22.8 Å². The molecule has 0 bridgehead atoms. The summed E-state index contributed by atoms with van der Waals surface area (Å²) in [6, 6.07) is 10.2. The Balaban J connectivity index is 1.75. The van der Waals surface area contributed by atoms with Crippen LogP contribution in [0.5, 0.6) is 0 Å². The Morgan fingerprint density at radius 3 is 2.30 bits per heavy atom. The number of rotatable bonds is 5. The fourth-order valence-corrected chi connectivity index (χ4v) is 2.63. The fourth-order valence-electron chi connectivity index (χ4n) is 2.63. The standard InChI is InChI=1S/C21H20F3N5O4/c1-20(2,3)32-19(31)27-15(12-7-5-4-6-8-12)17(30)26-13-9-10-14(25-11-13)16-28-18(33-29-16)21(22,23)24/h4-11,15H,1-3H3,(H,26,30)(H,27,31)/t15-/m0/s1. The minimum atomic E-state index is -4.77. The van der Waals surface area contributed by atoms with Gasteiger partial charge in [0.25, 0.3) is 5.91 Å². The van der Waals surface area contributed by atoms with Gasteiger partial charge in [0.1, 0.15) is 17.3 Å². The zero-order chi connectivity index (χ0) is 24.2. The largest absolute Gasteiger partial charge is 0.471 e. The number of amides is 2. The third-order valence-corrected chi connectivity index (χ3v) is 3.98. The van der Waals surface area contributed by atoms with Gasteiger partial charge in [0.2, 0.25) is 5.82 Å². The van der Waals surface area contributed by atoms with Crippen LogP contribution >= 0.6 is 0 Å². The first-order valence-corrected chi connectivity index (χ1v) is 9.65. The monoisotopic (exact) mass is 463 g/mol. The highest BCUT2D eigenvalue weighted by atomic mass is 19.4. The Hall–Kier alpha value is -3.96. The molecule has 1 atom stereocenters. The number of aromatic nitrogens is 3. The predicted molar refractivity (Wildman–Crippen MR) is 110 cm³/mol. The molecule has 0 saturated heterocycles. The number of anilines is 1. The molecule has 33 heavy (non-hydrogen) atoms. The highest BCUT2D eigenvalue weighted by molar-refractivity contribution is 5.97. The van der Waals surface area contributed by atoms with E-state index in [4.69, 9.17) is 4.74 Å². The number of halogens is 3. The fraction of sp³-hybridized carbons (Fsp3) is 0.286. The Morgan fingerprint density at radius 2 is 1.76 bits per heavy atom. The normalized spacial score (nSPS) is 12.7. The molecule has 0 aliphatic carbocycles. The van der Waals surface area contributed by atoms with Crippen LogP contribution in [0.15, 0.2) is 53.2 Å². The van der Waals surface area contributed by atoms with Crippen LogP contribution in [0.2, 0.25) is 0 Å². The molecule has 0 aliphatic heterocycles. The molecule has 2 N–H and O–H groups in total. The molecule has 9 nitrogen and oxygen atoms in total. The molecular formula is C21H20F3N5O4. The maximum absolute atomic E-state index is 12.9. The maximum Gasteiger partial charge on any atom is 0.471 e. The quantitative estimate of drug-likeness (QED) is 0.577. The maximum atomic E-state index is 12.9. The van der Waals surface area contributed by atoms with Crippen molar-refractivity contribution in [3.8, 4) is 11.5 Å². The van der Waals surface area contributed by atoms with E-state index in [0.717, 1.165) is 0 Å². The number of nitrogens with one attached hydrogen (secondary N) is 2. The van der Waals surface area contributed by atoms with E-state index in [0.29, 0.717) is 5.56 Å². The number of alkyl halides is 3. The Labute approximate surface area is 186 Å². The number of benzene rings is 1. The highest BCUT2D eigenvalue weighted by Crippen LogP contribution is 2.29. The van der Waals surface area contributed by atoms with Gasteiger partial charge < -0.3 is 19.9 Å². The van der Waals surface area contributed by atoms with Crippen LogP contribution in [-0.2, 0) is 15.7 Å². The summed E-state index contributed by atoms with van der Waals surface area (Å²) < 4.78 is 47.3. The van der Waals surface area contributed by atoms with Crippen LogP contribution in [0.1, 0.15) is 38.3 Å². The Kier molecular flexibility index (Phi) is 6.65. The first-order chi connectivity index (χ1) is 15.4. The van der Waals surface area contributed by atoms with Gasteiger partial charge in [0, 0.05) is 0 Å². The van der Waals surface area contributed by atoms with Crippen LogP contribution in [0, 0.1) is 0 Å². The van der Waals surface area contributed by atoms with Crippen molar-refractivity contribution in [3.05, 3.63) is 60.1 Å². The number of carbonyl (C=O) groups is 2. The van der Waals surface area contributed by atoms with Crippen LogP contribution in [-0.4, -0.2) is 32.7 Å². The second-order valence-electron chi connectivity index (χ2n) is 7.83. The molecule has 2 amide bonds. The van der Waals surface area contributed by atoms with Gasteiger partial charge >= 0.3 is 18.2 Å². The zero-order valence-corrected chi connectivity index (χ0v) is 17.8. The van der Waals surface area contributed by atoms with Gasteiger partial charge in [-0.05, 0) is 38.5 Å². The number of alkyl carbamates (subject to hydrolysis) is 1. The van der Waals surface area contributed by atoms with Crippen LogP contribution < -0.4 is 10.6 Å². The molecule has 0 fully saturated rings. The lowest BCUT2D eigenvalue weighted by Gasteiger charge is -2.23. The lowest BCUT2D eigenvalue weighted by molar-refractivity contribution is -0.159. The van der Waals surface area contributed by atoms with E-state index in [-0.39, 0.29) is 17.2 Å². The molecule has 1 aromatic carbocycles. The molecule has 174 valence electrons. The number of hydrogen-bond acceptors (Lipinski definition) is 7. The van der Waals surface area contributed by atoms with Crippen molar-refractivity contribution in [1.29, 1.82) is 0 Å². The molecule has 2 heterocycles. The summed E-state index contributed by atoms with van der Waals surface area (Å²) in [6.07, 6.45) is -4.34. The van der Waals surface area contributed by atoms with Gasteiger partial charge in [0.15, 0.2) is 0 Å². The number of nitrogens with zero attached hydrogens (tertiary/aromatic N) is 3. The van der Waals surface area contributed by atoms with Gasteiger partial charge in [0.05, 0.1) is 11.9 Å². The van der Waals surface area contributed by atoms with E-state index in [1.165, 1.54) is 18.3 Å². The molecule has 12 heteroatoms. The summed E-state index contributed by atoms with van der Waals surface area (Å²) in [5.74, 6) is -2.43. The Morgan fingerprint density at radius 1 is 1.06 bits per heavy atom. The second kappa shape index (κ2) is 9.27. The summed E-state index contributed by atoms with van der Waals surface area (Å²) in [5, 5.41) is 8.39. The molecule has 3 aromatic rings. The smallest absolute Gasteiger partial charge is 0.444 e. The lowest BCUT2D eigenvalue weighted by Crippen LogP contribution is -2.40. The molecule has 0 spiro atoms. The van der Waals surface area contributed by atoms with Crippen molar-refractivity contribution in [2.24, 2.45) is 0 Å². The minimum absolute atomic E-state index is 0.0127. The van der Waals surface area contributed by atoms with Crippen molar-refractivity contribution in [3.63, 3.8) is 0 Å². The average Bonchev–Trinajstić information content (AvgIpc) is 3.23. The highest BCUT2D eigenvalue weighted by Gasteiger charge is 2.38. The third-order valence-electron chi connectivity index (χ3n) is 3.98. The number of pyridine rings is 1. The van der Waals surface area contributed by atoms with Gasteiger partial charge in [-0.2, -0.15) is 18.2 Å². The van der Waals surface area contributed by atoms with E-state index < -0.39 is 35.7 Å². The molecule has 2 aromatic heterocycles. The van der Waals surface area contributed by atoms with E-state index in [1.54, 1.807) is 51.1 Å². The van der Waals surface area contributed by atoms with E-state index in [2.05, 4.69) is 30.3 Å². The summed E-state index contributed by atoms with van der Waals surface area (Å²) >= 11 is 0. The summed E-state index contributed by atoms with van der Waals surface area (Å²) in [4.78, 5) is 32.4. The first-order valence-electron chi connectivity index (χ1n) is 9.65. The summed E-state index contributed by atoms with van der Waals surface area (Å²) in [6.45, 7) is 5.08. The molecule has 0 radical (unpaired) electrons. The number of ether oxygens (including phenoxy) is 1. The predicted octanol–water partition coefficient (Wildman–Crippen LogP) is 4.35. The molecule has 3 rings (SSSR count). The number of carbonyl (C=O) groups excluding carboxylic acids is 2. The van der Waals surface area contributed by atoms with Crippen LogP contribution in [0.4, 0.5) is 23.7 Å². The van der Waals surface area contributed by atoms with E-state index in [1.807, 2.05) is 0 Å². The molecule has 0 saturated carbocycles. The SMILES string of the molecule is CC(C)(C)OC(=O)N[C@H](C(=O)Nc1ccc(-c2noc(C(F)(F)F)n2)nc1)c1ccccc1. The number of hydrogen-bond donors (Lipinski definition) is 2. The molecular weight excluding hydrogens is 443 g/mol. The average molecular weight is 463 g/mol.